The van der Waals surface area contributed by atoms with Crippen LogP contribution in [0, 0.1) is 5.92 Å². The Morgan fingerprint density at radius 1 is 1.67 bits per heavy atom. The lowest BCUT2D eigenvalue weighted by Gasteiger charge is -2.17. The topological polar surface area (TPSA) is 23.5 Å². The summed E-state index contributed by atoms with van der Waals surface area (Å²) in [5.41, 5.74) is 0. The molecular weight excluding hydrogens is 157 g/mol. The monoisotopic (exact) mass is 175 g/mol. The Hall–Kier alpha value is -0.150. The Kier molecular flexibility index (Phi) is 3.95. The molecule has 3 heteroatoms. The molecular formula is C9H18FNO. The summed E-state index contributed by atoms with van der Waals surface area (Å²) >= 11 is 0. The van der Waals surface area contributed by atoms with Crippen LogP contribution in [-0.2, 0) is 0 Å². The molecule has 0 aromatic heterocycles. The second kappa shape index (κ2) is 4.77. The summed E-state index contributed by atoms with van der Waals surface area (Å²) in [6.07, 6.45) is 1.62. The highest BCUT2D eigenvalue weighted by molar-refractivity contribution is 4.76. The molecule has 2 unspecified atom stereocenters. The second-order valence-electron chi connectivity index (χ2n) is 3.63. The normalized spacial score (nSPS) is 27.8. The van der Waals surface area contributed by atoms with Crippen LogP contribution in [0.5, 0.6) is 0 Å². The van der Waals surface area contributed by atoms with Crippen molar-refractivity contribution < 1.29 is 9.50 Å². The van der Waals surface area contributed by atoms with Crippen molar-refractivity contribution in [1.82, 2.24) is 4.90 Å². The van der Waals surface area contributed by atoms with Gasteiger partial charge in [0.15, 0.2) is 0 Å². The SMILES string of the molecule is CCC1CCN(CC(O)CF)C1. The number of hydrogen-bond donors (Lipinski definition) is 1. The van der Waals surface area contributed by atoms with Crippen molar-refractivity contribution in [3.63, 3.8) is 0 Å². The molecule has 2 atom stereocenters. The highest BCUT2D eigenvalue weighted by Crippen LogP contribution is 2.18. The van der Waals surface area contributed by atoms with E-state index in [2.05, 4.69) is 11.8 Å². The fraction of sp³-hybridized carbons (Fsp3) is 1.00. The molecule has 0 radical (unpaired) electrons. The van der Waals surface area contributed by atoms with Crippen LogP contribution in [0.4, 0.5) is 4.39 Å². The highest BCUT2D eigenvalue weighted by atomic mass is 19.1. The minimum atomic E-state index is -0.777. The van der Waals surface area contributed by atoms with E-state index in [0.717, 1.165) is 19.0 Å². The highest BCUT2D eigenvalue weighted by Gasteiger charge is 2.22. The van der Waals surface area contributed by atoms with E-state index in [1.54, 1.807) is 0 Å². The molecule has 1 rings (SSSR count). The van der Waals surface area contributed by atoms with Crippen LogP contribution in [-0.4, -0.2) is 42.4 Å². The van der Waals surface area contributed by atoms with Gasteiger partial charge in [-0.1, -0.05) is 13.3 Å². The molecule has 12 heavy (non-hydrogen) atoms. The number of nitrogens with zero attached hydrogens (tertiary/aromatic N) is 1. The van der Waals surface area contributed by atoms with Crippen LogP contribution >= 0.6 is 0 Å². The Labute approximate surface area is 73.4 Å². The fourth-order valence-corrected chi connectivity index (χ4v) is 1.76. The van der Waals surface area contributed by atoms with Crippen molar-refractivity contribution in [3.8, 4) is 0 Å². The summed E-state index contributed by atoms with van der Waals surface area (Å²) in [4.78, 5) is 2.15. The lowest BCUT2D eigenvalue weighted by atomic mass is 10.1. The maximum atomic E-state index is 11.9. The van der Waals surface area contributed by atoms with E-state index >= 15 is 0 Å². The van der Waals surface area contributed by atoms with E-state index in [1.165, 1.54) is 12.8 Å². The minimum absolute atomic E-state index is 0.507. The van der Waals surface area contributed by atoms with Crippen LogP contribution in [0.15, 0.2) is 0 Å². The largest absolute Gasteiger partial charge is 0.389 e. The zero-order chi connectivity index (χ0) is 8.97. The first-order chi connectivity index (χ1) is 5.76. The van der Waals surface area contributed by atoms with Crippen LogP contribution in [0.2, 0.25) is 0 Å². The fourth-order valence-electron chi connectivity index (χ4n) is 1.76. The lowest BCUT2D eigenvalue weighted by Crippen LogP contribution is -2.31. The summed E-state index contributed by atoms with van der Waals surface area (Å²) < 4.78 is 11.9. The number of aliphatic hydroxyl groups is 1. The predicted molar refractivity (Wildman–Crippen MR) is 46.8 cm³/mol. The standard InChI is InChI=1S/C9H18FNO/c1-2-8-3-4-11(6-8)7-9(12)5-10/h8-9,12H,2-7H2,1H3. The Bertz CT molecular complexity index is 132. The van der Waals surface area contributed by atoms with Gasteiger partial charge in [-0.3, -0.25) is 0 Å². The molecule has 0 spiro atoms. The number of β-amino-alcohol motifs (C(OH)–C–C–N with tert-alkyl or cyclic N) is 1. The molecule has 0 aromatic carbocycles. The van der Waals surface area contributed by atoms with Crippen molar-refractivity contribution in [3.05, 3.63) is 0 Å². The summed E-state index contributed by atoms with van der Waals surface area (Å²) in [6, 6.07) is 0. The molecule has 0 bridgehead atoms. The Morgan fingerprint density at radius 2 is 2.42 bits per heavy atom. The summed E-state index contributed by atoms with van der Waals surface area (Å²) in [6.45, 7) is 4.13. The van der Waals surface area contributed by atoms with Gasteiger partial charge in [-0.25, -0.2) is 4.39 Å². The Balaban J connectivity index is 2.18. The Morgan fingerprint density at radius 3 is 2.92 bits per heavy atom. The second-order valence-corrected chi connectivity index (χ2v) is 3.63. The third-order valence-electron chi connectivity index (χ3n) is 2.59. The predicted octanol–water partition coefficient (Wildman–Crippen LogP) is 1.05. The summed E-state index contributed by atoms with van der Waals surface area (Å²) in [5.74, 6) is 0.761. The molecule has 1 saturated heterocycles. The van der Waals surface area contributed by atoms with Gasteiger partial charge in [-0.2, -0.15) is 0 Å². The molecule has 0 aromatic rings. The van der Waals surface area contributed by atoms with E-state index in [9.17, 15) is 4.39 Å². The number of hydrogen-bond acceptors (Lipinski definition) is 2. The van der Waals surface area contributed by atoms with Crippen LogP contribution in [0.1, 0.15) is 19.8 Å². The lowest BCUT2D eigenvalue weighted by molar-refractivity contribution is 0.0980. The molecule has 72 valence electrons. The van der Waals surface area contributed by atoms with Crippen LogP contribution in [0.3, 0.4) is 0 Å². The molecule has 0 amide bonds. The first kappa shape index (κ1) is 9.93. The van der Waals surface area contributed by atoms with Gasteiger partial charge in [0, 0.05) is 13.1 Å². The van der Waals surface area contributed by atoms with Gasteiger partial charge in [0.2, 0.25) is 0 Å². The van der Waals surface area contributed by atoms with Gasteiger partial charge in [-0.05, 0) is 18.9 Å². The maximum absolute atomic E-state index is 11.9. The average Bonchev–Trinajstić information content (AvgIpc) is 2.52. The van der Waals surface area contributed by atoms with E-state index in [1.807, 2.05) is 0 Å². The number of halogens is 1. The zero-order valence-corrected chi connectivity index (χ0v) is 7.67. The minimum Gasteiger partial charge on any atom is -0.389 e. The van der Waals surface area contributed by atoms with Gasteiger partial charge >= 0.3 is 0 Å². The van der Waals surface area contributed by atoms with Gasteiger partial charge in [-0.15, -0.1) is 0 Å². The average molecular weight is 175 g/mol. The van der Waals surface area contributed by atoms with E-state index in [4.69, 9.17) is 5.11 Å². The molecule has 1 N–H and O–H groups in total. The number of likely N-dealkylation sites (tertiary alicyclic amines) is 1. The molecule has 0 saturated carbocycles. The van der Waals surface area contributed by atoms with E-state index < -0.39 is 12.8 Å². The number of aliphatic hydroxyl groups excluding tert-OH is 1. The van der Waals surface area contributed by atoms with Gasteiger partial charge in [0.05, 0.1) is 6.10 Å². The van der Waals surface area contributed by atoms with Gasteiger partial charge in [0.25, 0.3) is 0 Å². The van der Waals surface area contributed by atoms with Gasteiger partial charge < -0.3 is 10.0 Å². The molecule has 1 aliphatic heterocycles. The summed E-state index contributed by atoms with van der Waals surface area (Å²) in [7, 11) is 0. The first-order valence-corrected chi connectivity index (χ1v) is 4.72. The number of rotatable bonds is 4. The van der Waals surface area contributed by atoms with Gasteiger partial charge in [0.1, 0.15) is 6.67 Å². The first-order valence-electron chi connectivity index (χ1n) is 4.72. The quantitative estimate of drug-likeness (QED) is 0.690. The third kappa shape index (κ3) is 2.72. The molecule has 0 aliphatic carbocycles. The smallest absolute Gasteiger partial charge is 0.117 e. The number of alkyl halides is 1. The van der Waals surface area contributed by atoms with E-state index in [0.29, 0.717) is 6.54 Å². The maximum Gasteiger partial charge on any atom is 0.117 e. The zero-order valence-electron chi connectivity index (χ0n) is 7.67. The van der Waals surface area contributed by atoms with Crippen LogP contribution in [0.25, 0.3) is 0 Å². The summed E-state index contributed by atoms with van der Waals surface area (Å²) in [5, 5.41) is 9.06. The van der Waals surface area contributed by atoms with Crippen molar-refractivity contribution in [2.24, 2.45) is 5.92 Å². The van der Waals surface area contributed by atoms with E-state index in [-0.39, 0.29) is 0 Å². The van der Waals surface area contributed by atoms with Crippen molar-refractivity contribution in [2.75, 3.05) is 26.3 Å². The van der Waals surface area contributed by atoms with Crippen molar-refractivity contribution in [1.29, 1.82) is 0 Å². The molecule has 1 fully saturated rings. The van der Waals surface area contributed by atoms with Crippen LogP contribution < -0.4 is 0 Å². The molecule has 1 aliphatic rings. The third-order valence-corrected chi connectivity index (χ3v) is 2.59. The molecule has 1 heterocycles. The van der Waals surface area contributed by atoms with Crippen molar-refractivity contribution >= 4 is 0 Å². The van der Waals surface area contributed by atoms with Crippen molar-refractivity contribution in [2.45, 2.75) is 25.9 Å². The molecule has 2 nitrogen and oxygen atoms in total.